The van der Waals surface area contributed by atoms with Crippen LogP contribution in [0, 0.1) is 11.5 Å². The molecule has 0 amide bonds. The normalized spacial score (nSPS) is 25.5. The molecule has 0 aromatic rings. The van der Waals surface area contributed by atoms with Gasteiger partial charge in [0.15, 0.2) is 6.10 Å². The van der Waals surface area contributed by atoms with E-state index in [4.69, 9.17) is 9.47 Å². The first kappa shape index (κ1) is 13.3. The summed E-state index contributed by atoms with van der Waals surface area (Å²) in [7, 11) is -1.39. The van der Waals surface area contributed by atoms with E-state index in [1.54, 1.807) is 0 Å². The van der Waals surface area contributed by atoms with Crippen molar-refractivity contribution < 1.29 is 14.3 Å². The van der Waals surface area contributed by atoms with Gasteiger partial charge in [-0.25, -0.2) is 0 Å². The third-order valence-corrected chi connectivity index (χ3v) is 3.07. The van der Waals surface area contributed by atoms with Crippen LogP contribution in [0.1, 0.15) is 19.8 Å². The van der Waals surface area contributed by atoms with Crippen LogP contribution in [-0.4, -0.2) is 32.9 Å². The lowest BCUT2D eigenvalue weighted by molar-refractivity contribution is -0.156. The standard InChI is InChI=1S/C12H20O3Si/c1-10(13)15-12-6-5-8-14-11(12)7-9-16(2,3)4/h11-12H,5-6,8H2,1-4H3/t11-,12+/m0/s1. The number of esters is 1. The van der Waals surface area contributed by atoms with Crippen molar-refractivity contribution in [1.82, 2.24) is 0 Å². The Morgan fingerprint density at radius 1 is 1.44 bits per heavy atom. The van der Waals surface area contributed by atoms with E-state index in [9.17, 15) is 4.79 Å². The molecule has 0 aromatic heterocycles. The molecule has 0 unspecified atom stereocenters. The second-order valence-electron chi connectivity index (χ2n) is 5.10. The molecule has 4 heteroatoms. The van der Waals surface area contributed by atoms with Gasteiger partial charge in [0.25, 0.3) is 0 Å². The number of carbonyl (C=O) groups excluding carboxylic acids is 1. The van der Waals surface area contributed by atoms with Crippen molar-refractivity contribution in [2.24, 2.45) is 0 Å². The van der Waals surface area contributed by atoms with Gasteiger partial charge in [0.05, 0.1) is 0 Å². The maximum atomic E-state index is 10.9. The first-order chi connectivity index (χ1) is 7.38. The molecule has 1 aliphatic heterocycles. The van der Waals surface area contributed by atoms with Gasteiger partial charge in [-0.2, -0.15) is 0 Å². The predicted octanol–water partition coefficient (Wildman–Crippen LogP) is 1.98. The maximum Gasteiger partial charge on any atom is 0.303 e. The highest BCUT2D eigenvalue weighted by atomic mass is 28.3. The highest BCUT2D eigenvalue weighted by molar-refractivity contribution is 6.83. The molecule has 2 atom stereocenters. The van der Waals surface area contributed by atoms with E-state index in [2.05, 4.69) is 31.1 Å². The quantitative estimate of drug-likeness (QED) is 0.399. The Morgan fingerprint density at radius 3 is 2.69 bits per heavy atom. The van der Waals surface area contributed by atoms with E-state index < -0.39 is 8.07 Å². The van der Waals surface area contributed by atoms with Crippen LogP contribution in [0.25, 0.3) is 0 Å². The number of hydrogen-bond acceptors (Lipinski definition) is 3. The predicted molar refractivity (Wildman–Crippen MR) is 65.7 cm³/mol. The third-order valence-electron chi connectivity index (χ3n) is 2.17. The zero-order valence-corrected chi connectivity index (χ0v) is 11.5. The van der Waals surface area contributed by atoms with Gasteiger partial charge >= 0.3 is 5.97 Å². The van der Waals surface area contributed by atoms with Gasteiger partial charge in [0.1, 0.15) is 14.2 Å². The van der Waals surface area contributed by atoms with Crippen LogP contribution < -0.4 is 0 Å². The van der Waals surface area contributed by atoms with Gasteiger partial charge in [0.2, 0.25) is 0 Å². The monoisotopic (exact) mass is 240 g/mol. The number of ether oxygens (including phenoxy) is 2. The molecule has 1 aliphatic rings. The molecule has 16 heavy (non-hydrogen) atoms. The van der Waals surface area contributed by atoms with Crippen molar-refractivity contribution in [3.8, 4) is 11.5 Å². The van der Waals surface area contributed by atoms with E-state index in [0.29, 0.717) is 6.61 Å². The first-order valence-corrected chi connectivity index (χ1v) is 9.20. The Labute approximate surface area is 98.5 Å². The summed E-state index contributed by atoms with van der Waals surface area (Å²) in [5.41, 5.74) is 3.27. The van der Waals surface area contributed by atoms with Crippen LogP contribution in [0.2, 0.25) is 19.6 Å². The van der Waals surface area contributed by atoms with Gasteiger partial charge in [-0.3, -0.25) is 4.79 Å². The summed E-state index contributed by atoms with van der Waals surface area (Å²) in [6.07, 6.45) is 1.37. The van der Waals surface area contributed by atoms with E-state index in [0.717, 1.165) is 12.8 Å². The van der Waals surface area contributed by atoms with Crippen molar-refractivity contribution in [2.45, 2.75) is 51.6 Å². The summed E-state index contributed by atoms with van der Waals surface area (Å²) >= 11 is 0. The summed E-state index contributed by atoms with van der Waals surface area (Å²) in [4.78, 5) is 10.9. The average molecular weight is 240 g/mol. The lowest BCUT2D eigenvalue weighted by atomic mass is 10.1. The summed E-state index contributed by atoms with van der Waals surface area (Å²) in [5, 5.41) is 0. The van der Waals surface area contributed by atoms with Gasteiger partial charge < -0.3 is 9.47 Å². The molecule has 0 saturated carbocycles. The van der Waals surface area contributed by atoms with Crippen LogP contribution in [0.4, 0.5) is 0 Å². The van der Waals surface area contributed by atoms with Gasteiger partial charge in [-0.1, -0.05) is 25.6 Å². The molecule has 0 aliphatic carbocycles. The summed E-state index contributed by atoms with van der Waals surface area (Å²) in [5.74, 6) is 2.87. The van der Waals surface area contributed by atoms with Crippen molar-refractivity contribution in [3.05, 3.63) is 0 Å². The molecular formula is C12H20O3Si. The van der Waals surface area contributed by atoms with Crippen molar-refractivity contribution in [3.63, 3.8) is 0 Å². The Bertz CT molecular complexity index is 308. The minimum absolute atomic E-state index is 0.185. The lowest BCUT2D eigenvalue weighted by Crippen LogP contribution is -2.36. The van der Waals surface area contributed by atoms with Crippen molar-refractivity contribution in [2.75, 3.05) is 6.61 Å². The third kappa shape index (κ3) is 4.82. The van der Waals surface area contributed by atoms with Crippen LogP contribution in [0.5, 0.6) is 0 Å². The van der Waals surface area contributed by atoms with Crippen LogP contribution in [0.3, 0.4) is 0 Å². The van der Waals surface area contributed by atoms with E-state index in [1.807, 2.05) is 0 Å². The molecule has 0 radical (unpaired) electrons. The van der Waals surface area contributed by atoms with Crippen LogP contribution >= 0.6 is 0 Å². The molecular weight excluding hydrogens is 220 g/mol. The smallest absolute Gasteiger partial charge is 0.303 e. The molecule has 0 bridgehead atoms. The van der Waals surface area contributed by atoms with Crippen LogP contribution in [0.15, 0.2) is 0 Å². The maximum absolute atomic E-state index is 10.9. The topological polar surface area (TPSA) is 35.5 Å². The highest BCUT2D eigenvalue weighted by Crippen LogP contribution is 2.17. The molecule has 1 fully saturated rings. The van der Waals surface area contributed by atoms with E-state index in [-0.39, 0.29) is 18.2 Å². The molecule has 0 N–H and O–H groups in total. The molecule has 1 rings (SSSR count). The minimum atomic E-state index is -1.39. The summed E-state index contributed by atoms with van der Waals surface area (Å²) < 4.78 is 10.8. The first-order valence-electron chi connectivity index (χ1n) is 5.70. The Morgan fingerprint density at radius 2 is 2.12 bits per heavy atom. The van der Waals surface area contributed by atoms with E-state index >= 15 is 0 Å². The molecule has 1 heterocycles. The lowest BCUT2D eigenvalue weighted by Gasteiger charge is -2.27. The second kappa shape index (κ2) is 5.51. The Hall–Kier alpha value is -0.793. The largest absolute Gasteiger partial charge is 0.459 e. The van der Waals surface area contributed by atoms with Crippen LogP contribution in [-0.2, 0) is 14.3 Å². The molecule has 1 saturated heterocycles. The Kier molecular flexibility index (Phi) is 4.57. The fourth-order valence-corrected chi connectivity index (χ4v) is 2.08. The highest BCUT2D eigenvalue weighted by Gasteiger charge is 2.27. The fraction of sp³-hybridized carbons (Fsp3) is 0.750. The number of hydrogen-bond donors (Lipinski definition) is 0. The zero-order valence-electron chi connectivity index (χ0n) is 10.5. The SMILES string of the molecule is CC(=O)O[C@@H]1CCCO[C@H]1C#C[Si](C)(C)C. The number of rotatable bonds is 1. The fourth-order valence-electron chi connectivity index (χ4n) is 1.51. The van der Waals surface area contributed by atoms with Crippen molar-refractivity contribution in [1.29, 1.82) is 0 Å². The Balaban J connectivity index is 2.66. The van der Waals surface area contributed by atoms with Gasteiger partial charge in [0, 0.05) is 13.5 Å². The molecule has 3 nitrogen and oxygen atoms in total. The molecule has 90 valence electrons. The van der Waals surface area contributed by atoms with E-state index in [1.165, 1.54) is 6.92 Å². The average Bonchev–Trinajstić information content (AvgIpc) is 2.14. The van der Waals surface area contributed by atoms with Gasteiger partial charge in [-0.05, 0) is 12.8 Å². The summed E-state index contributed by atoms with van der Waals surface area (Å²) in [6.45, 7) is 8.69. The minimum Gasteiger partial charge on any atom is -0.459 e. The molecule has 0 spiro atoms. The zero-order chi connectivity index (χ0) is 12.2. The number of carbonyl (C=O) groups is 1. The molecule has 0 aromatic carbocycles. The van der Waals surface area contributed by atoms with Crippen molar-refractivity contribution >= 4 is 14.0 Å². The second-order valence-corrected chi connectivity index (χ2v) is 9.85. The summed E-state index contributed by atoms with van der Waals surface area (Å²) in [6, 6.07) is 0. The van der Waals surface area contributed by atoms with Gasteiger partial charge in [-0.15, -0.1) is 5.54 Å².